The van der Waals surface area contributed by atoms with Gasteiger partial charge in [0.05, 0.1) is 20.4 Å². The van der Waals surface area contributed by atoms with Gasteiger partial charge in [0, 0.05) is 11.6 Å². The Morgan fingerprint density at radius 1 is 1.29 bits per heavy atom. The molecule has 1 aromatic carbocycles. The van der Waals surface area contributed by atoms with E-state index < -0.39 is 10.0 Å². The topological polar surface area (TPSA) is 93.3 Å². The maximum Gasteiger partial charge on any atom is 0.266 e. The monoisotopic (exact) mass is 311 g/mol. The molecular formula is C13H17N3O4S. The fourth-order valence-corrected chi connectivity index (χ4v) is 3.06. The molecule has 0 atom stereocenters. The largest absolute Gasteiger partial charge is 0.497 e. The summed E-state index contributed by atoms with van der Waals surface area (Å²) < 4.78 is 37.6. The predicted octanol–water partition coefficient (Wildman–Crippen LogP) is 1.79. The highest BCUT2D eigenvalue weighted by Crippen LogP contribution is 2.29. The molecule has 7 nitrogen and oxygen atoms in total. The van der Waals surface area contributed by atoms with Gasteiger partial charge in [-0.1, -0.05) is 6.92 Å². The van der Waals surface area contributed by atoms with E-state index in [0.29, 0.717) is 18.0 Å². The van der Waals surface area contributed by atoms with Crippen LogP contribution in [0.3, 0.4) is 0 Å². The summed E-state index contributed by atoms with van der Waals surface area (Å²) in [7, 11) is -0.882. The average molecular weight is 311 g/mol. The number of nitrogens with zero attached hydrogens (tertiary/aromatic N) is 1. The molecule has 0 aliphatic heterocycles. The Bertz CT molecular complexity index is 725. The molecule has 1 heterocycles. The maximum atomic E-state index is 12.5. The van der Waals surface area contributed by atoms with Crippen molar-refractivity contribution in [3.8, 4) is 11.5 Å². The minimum atomic E-state index is -3.79. The van der Waals surface area contributed by atoms with Crippen molar-refractivity contribution in [2.45, 2.75) is 18.2 Å². The Morgan fingerprint density at radius 3 is 2.67 bits per heavy atom. The van der Waals surface area contributed by atoms with Gasteiger partial charge >= 0.3 is 0 Å². The molecule has 2 aromatic rings. The number of sulfonamides is 1. The first-order valence-corrected chi connectivity index (χ1v) is 7.77. The van der Waals surface area contributed by atoms with E-state index in [1.165, 1.54) is 26.4 Å². The molecule has 0 aliphatic rings. The standard InChI is InChI=1S/C13H17N3O4S/c1-4-9-8-14-15-13(9)16-21(17,18)12-6-5-10(19-2)7-11(12)20-3/h5-8H,4H2,1-3H3,(H2,14,15,16). The average Bonchev–Trinajstić information content (AvgIpc) is 2.92. The van der Waals surface area contributed by atoms with Crippen molar-refractivity contribution in [3.05, 3.63) is 30.0 Å². The number of H-pyrrole nitrogens is 1. The molecule has 21 heavy (non-hydrogen) atoms. The van der Waals surface area contributed by atoms with Crippen LogP contribution in [0.2, 0.25) is 0 Å². The summed E-state index contributed by atoms with van der Waals surface area (Å²) in [6.45, 7) is 1.91. The van der Waals surface area contributed by atoms with Gasteiger partial charge in [0.15, 0.2) is 0 Å². The van der Waals surface area contributed by atoms with Crippen molar-refractivity contribution in [2.75, 3.05) is 18.9 Å². The highest BCUT2D eigenvalue weighted by atomic mass is 32.2. The molecule has 2 rings (SSSR count). The molecule has 0 saturated heterocycles. The summed E-state index contributed by atoms with van der Waals surface area (Å²) in [4.78, 5) is 0.0300. The summed E-state index contributed by atoms with van der Waals surface area (Å²) in [5.74, 6) is 1.08. The van der Waals surface area contributed by atoms with Crippen LogP contribution in [0.25, 0.3) is 0 Å². The Kier molecular flexibility index (Phi) is 4.37. The second-order valence-corrected chi connectivity index (χ2v) is 5.90. The van der Waals surface area contributed by atoms with Gasteiger partial charge in [0.25, 0.3) is 10.0 Å². The first kappa shape index (κ1) is 15.2. The van der Waals surface area contributed by atoms with Crippen molar-refractivity contribution in [1.29, 1.82) is 0 Å². The van der Waals surface area contributed by atoms with E-state index in [1.807, 2.05) is 6.92 Å². The number of methoxy groups -OCH3 is 2. The summed E-state index contributed by atoms with van der Waals surface area (Å²) in [5.41, 5.74) is 0.783. The molecule has 0 amide bonds. The van der Waals surface area contributed by atoms with E-state index in [9.17, 15) is 8.42 Å². The number of nitrogens with one attached hydrogen (secondary N) is 2. The smallest absolute Gasteiger partial charge is 0.266 e. The number of rotatable bonds is 6. The fourth-order valence-electron chi connectivity index (χ4n) is 1.85. The fraction of sp³-hybridized carbons (Fsp3) is 0.308. The predicted molar refractivity (Wildman–Crippen MR) is 78.3 cm³/mol. The summed E-state index contributed by atoms with van der Waals surface area (Å²) >= 11 is 0. The number of anilines is 1. The molecule has 0 bridgehead atoms. The zero-order chi connectivity index (χ0) is 15.5. The zero-order valence-electron chi connectivity index (χ0n) is 12.0. The van der Waals surface area contributed by atoms with E-state index in [4.69, 9.17) is 9.47 Å². The molecular weight excluding hydrogens is 294 g/mol. The van der Waals surface area contributed by atoms with Crippen LogP contribution in [0.1, 0.15) is 12.5 Å². The van der Waals surface area contributed by atoms with Gasteiger partial charge < -0.3 is 9.47 Å². The number of ether oxygens (including phenoxy) is 2. The third kappa shape index (κ3) is 3.10. The zero-order valence-corrected chi connectivity index (χ0v) is 12.8. The maximum absolute atomic E-state index is 12.5. The van der Waals surface area contributed by atoms with E-state index in [2.05, 4.69) is 14.9 Å². The van der Waals surface area contributed by atoms with Crippen molar-refractivity contribution in [1.82, 2.24) is 10.2 Å². The third-order valence-electron chi connectivity index (χ3n) is 3.00. The lowest BCUT2D eigenvalue weighted by Crippen LogP contribution is -2.15. The van der Waals surface area contributed by atoms with Gasteiger partial charge in [-0.05, 0) is 18.6 Å². The van der Waals surface area contributed by atoms with Gasteiger partial charge in [0.1, 0.15) is 22.2 Å². The first-order valence-electron chi connectivity index (χ1n) is 6.29. The van der Waals surface area contributed by atoms with E-state index >= 15 is 0 Å². The minimum Gasteiger partial charge on any atom is -0.497 e. The van der Waals surface area contributed by atoms with Gasteiger partial charge in [-0.2, -0.15) is 5.10 Å². The Hall–Kier alpha value is -2.22. The van der Waals surface area contributed by atoms with Gasteiger partial charge in [-0.25, -0.2) is 8.42 Å². The van der Waals surface area contributed by atoms with E-state index in [0.717, 1.165) is 5.56 Å². The van der Waals surface area contributed by atoms with Crippen LogP contribution in [-0.2, 0) is 16.4 Å². The van der Waals surface area contributed by atoms with Gasteiger partial charge in [-0.3, -0.25) is 9.82 Å². The number of aromatic nitrogens is 2. The number of benzene rings is 1. The van der Waals surface area contributed by atoms with Crippen LogP contribution in [0, 0.1) is 0 Å². The van der Waals surface area contributed by atoms with Crippen molar-refractivity contribution < 1.29 is 17.9 Å². The number of hydrogen-bond acceptors (Lipinski definition) is 5. The number of hydrogen-bond donors (Lipinski definition) is 2. The lowest BCUT2D eigenvalue weighted by Gasteiger charge is -2.12. The summed E-state index contributed by atoms with van der Waals surface area (Å²) in [6, 6.07) is 4.51. The molecule has 0 saturated carbocycles. The molecule has 8 heteroatoms. The van der Waals surface area contributed by atoms with Gasteiger partial charge in [-0.15, -0.1) is 0 Å². The Balaban J connectivity index is 2.40. The molecule has 2 N–H and O–H groups in total. The van der Waals surface area contributed by atoms with Crippen LogP contribution >= 0.6 is 0 Å². The normalized spacial score (nSPS) is 11.2. The second kappa shape index (κ2) is 6.04. The molecule has 0 aliphatic carbocycles. The van der Waals surface area contributed by atoms with Crippen molar-refractivity contribution in [2.24, 2.45) is 0 Å². The van der Waals surface area contributed by atoms with E-state index in [-0.39, 0.29) is 10.6 Å². The molecule has 0 fully saturated rings. The van der Waals surface area contributed by atoms with Crippen LogP contribution in [0.15, 0.2) is 29.3 Å². The number of aromatic amines is 1. The minimum absolute atomic E-state index is 0.0300. The van der Waals surface area contributed by atoms with E-state index in [1.54, 1.807) is 12.3 Å². The quantitative estimate of drug-likeness (QED) is 0.848. The highest BCUT2D eigenvalue weighted by Gasteiger charge is 2.21. The first-order chi connectivity index (χ1) is 10.0. The lowest BCUT2D eigenvalue weighted by molar-refractivity contribution is 0.386. The van der Waals surface area contributed by atoms with Crippen LogP contribution < -0.4 is 14.2 Å². The molecule has 1 aromatic heterocycles. The molecule has 0 unspecified atom stereocenters. The van der Waals surface area contributed by atoms with Crippen LogP contribution in [-0.4, -0.2) is 32.8 Å². The summed E-state index contributed by atoms with van der Waals surface area (Å²) in [5, 5.41) is 6.47. The van der Waals surface area contributed by atoms with Gasteiger partial charge in [0.2, 0.25) is 0 Å². The summed E-state index contributed by atoms with van der Waals surface area (Å²) in [6.07, 6.45) is 2.25. The number of aryl methyl sites for hydroxylation is 1. The Morgan fingerprint density at radius 2 is 2.05 bits per heavy atom. The van der Waals surface area contributed by atoms with Crippen LogP contribution in [0.5, 0.6) is 11.5 Å². The second-order valence-electron chi connectivity index (χ2n) is 4.25. The Labute approximate surface area is 123 Å². The molecule has 0 radical (unpaired) electrons. The lowest BCUT2D eigenvalue weighted by atomic mass is 10.3. The molecule has 114 valence electrons. The third-order valence-corrected chi connectivity index (χ3v) is 4.38. The highest BCUT2D eigenvalue weighted by molar-refractivity contribution is 7.92. The SMILES string of the molecule is CCc1cn[nH]c1NS(=O)(=O)c1ccc(OC)cc1OC. The van der Waals surface area contributed by atoms with Crippen LogP contribution in [0.4, 0.5) is 5.82 Å². The van der Waals surface area contributed by atoms with Crippen molar-refractivity contribution in [3.63, 3.8) is 0 Å². The van der Waals surface area contributed by atoms with Crippen molar-refractivity contribution >= 4 is 15.8 Å². The molecule has 0 spiro atoms.